The summed E-state index contributed by atoms with van der Waals surface area (Å²) in [6, 6.07) is 19.2. The van der Waals surface area contributed by atoms with Gasteiger partial charge in [-0.15, -0.1) is 0 Å². The molecule has 0 spiro atoms. The number of rotatable bonds is 2. The lowest BCUT2D eigenvalue weighted by atomic mass is 9.61. The molecule has 0 amide bonds. The Hall–Kier alpha value is -3.28. The molecule has 5 nitrogen and oxygen atoms in total. The number of benzene rings is 2. The van der Waals surface area contributed by atoms with Gasteiger partial charge in [-0.2, -0.15) is 0 Å². The molecule has 0 atom stereocenters. The van der Waals surface area contributed by atoms with Crippen LogP contribution in [0.4, 0.5) is 23.0 Å². The van der Waals surface area contributed by atoms with Crippen LogP contribution in [0.15, 0.2) is 73.0 Å². The highest BCUT2D eigenvalue weighted by Gasteiger charge is 2.51. The van der Waals surface area contributed by atoms with E-state index >= 15 is 0 Å². The van der Waals surface area contributed by atoms with Gasteiger partial charge in [0.15, 0.2) is 11.6 Å². The van der Waals surface area contributed by atoms with E-state index in [1.807, 2.05) is 6.07 Å². The molecule has 0 saturated carbocycles. The molecule has 0 fully saturated rings. The average Bonchev–Trinajstić information content (AvgIpc) is 3.00. The van der Waals surface area contributed by atoms with Crippen molar-refractivity contribution < 1.29 is 0 Å². The minimum absolute atomic E-state index is 0.00159. The number of allylic oxidation sites excluding steroid dienone is 1. The highest BCUT2D eigenvalue weighted by Crippen LogP contribution is 2.50. The van der Waals surface area contributed by atoms with Crippen molar-refractivity contribution in [1.82, 2.24) is 9.97 Å². The van der Waals surface area contributed by atoms with Crippen LogP contribution in [0.25, 0.3) is 5.57 Å². The van der Waals surface area contributed by atoms with Crippen LogP contribution in [0, 0.1) is 5.41 Å². The van der Waals surface area contributed by atoms with E-state index in [1.54, 1.807) is 12.4 Å². The van der Waals surface area contributed by atoms with Gasteiger partial charge in [0.05, 0.1) is 0 Å². The zero-order valence-electron chi connectivity index (χ0n) is 19.7. The molecular formula is C26H30BN5. The monoisotopic (exact) mass is 423 g/mol. The van der Waals surface area contributed by atoms with Crippen LogP contribution >= 0.6 is 0 Å². The third-order valence-corrected chi connectivity index (χ3v) is 6.61. The lowest BCUT2D eigenvalue weighted by Crippen LogP contribution is -2.63. The Morgan fingerprint density at radius 3 is 2.16 bits per heavy atom. The van der Waals surface area contributed by atoms with E-state index in [1.165, 1.54) is 16.8 Å². The Morgan fingerprint density at radius 1 is 0.844 bits per heavy atom. The second kappa shape index (κ2) is 7.12. The predicted molar refractivity (Wildman–Crippen MR) is 135 cm³/mol. The predicted octanol–water partition coefficient (Wildman–Crippen LogP) is 5.78. The fraction of sp³-hybridized carbons (Fsp3) is 0.308. The van der Waals surface area contributed by atoms with E-state index in [-0.39, 0.29) is 18.1 Å². The maximum absolute atomic E-state index is 4.83. The van der Waals surface area contributed by atoms with Crippen molar-refractivity contribution in [3.63, 3.8) is 0 Å². The van der Waals surface area contributed by atoms with E-state index < -0.39 is 0 Å². The Balaban J connectivity index is 1.71. The zero-order chi connectivity index (χ0) is 22.7. The van der Waals surface area contributed by atoms with Gasteiger partial charge in [0.2, 0.25) is 0 Å². The van der Waals surface area contributed by atoms with Gasteiger partial charge in [0, 0.05) is 23.8 Å². The normalized spacial score (nSPS) is 17.2. The van der Waals surface area contributed by atoms with Gasteiger partial charge in [-0.05, 0) is 55.6 Å². The standard InChI is InChI=1S/C26H30BN5/c1-25(2,3)21-18-27(30(6)22-15-11-10-14-20(21)22)32-24-23(28-16-17-29-24)31(26(32,4)5)19-12-8-7-9-13-19/h7-18H,1-6H3. The lowest BCUT2D eigenvalue weighted by molar-refractivity contribution is 0.548. The smallest absolute Gasteiger partial charge is 0.395 e. The highest BCUT2D eigenvalue weighted by atomic mass is 15.5. The molecule has 32 heavy (non-hydrogen) atoms. The number of nitrogens with zero attached hydrogens (tertiary/aromatic N) is 5. The molecule has 2 aliphatic rings. The summed E-state index contributed by atoms with van der Waals surface area (Å²) in [5.41, 5.74) is 4.65. The molecule has 5 rings (SSSR count). The van der Waals surface area contributed by atoms with Crippen LogP contribution in [0.3, 0.4) is 0 Å². The van der Waals surface area contributed by atoms with Gasteiger partial charge in [0.25, 0.3) is 0 Å². The van der Waals surface area contributed by atoms with Gasteiger partial charge in [-0.1, -0.05) is 63.1 Å². The van der Waals surface area contributed by atoms with E-state index in [9.17, 15) is 0 Å². The molecule has 0 N–H and O–H groups in total. The largest absolute Gasteiger partial charge is 0.406 e. The third kappa shape index (κ3) is 3.00. The summed E-state index contributed by atoms with van der Waals surface area (Å²) in [7, 11) is 2.18. The summed E-state index contributed by atoms with van der Waals surface area (Å²) in [4.78, 5) is 16.7. The molecule has 0 saturated heterocycles. The Kier molecular flexibility index (Phi) is 4.59. The summed E-state index contributed by atoms with van der Waals surface area (Å²) in [6.07, 6.45) is 3.58. The highest BCUT2D eigenvalue weighted by molar-refractivity contribution is 6.74. The molecule has 0 unspecified atom stereocenters. The third-order valence-electron chi connectivity index (χ3n) is 6.61. The molecule has 3 heterocycles. The summed E-state index contributed by atoms with van der Waals surface area (Å²) < 4.78 is 0. The summed E-state index contributed by atoms with van der Waals surface area (Å²) >= 11 is 0. The first-order valence-electron chi connectivity index (χ1n) is 11.2. The van der Waals surface area contributed by atoms with E-state index in [2.05, 4.69) is 111 Å². The van der Waals surface area contributed by atoms with E-state index in [0.29, 0.717) is 0 Å². The van der Waals surface area contributed by atoms with Gasteiger partial charge in [-0.3, -0.25) is 0 Å². The van der Waals surface area contributed by atoms with E-state index in [4.69, 9.17) is 9.97 Å². The molecule has 2 aromatic carbocycles. The van der Waals surface area contributed by atoms with Crippen LogP contribution in [-0.2, 0) is 0 Å². The van der Waals surface area contributed by atoms with E-state index in [0.717, 1.165) is 17.3 Å². The van der Waals surface area contributed by atoms with Crippen LogP contribution in [0.1, 0.15) is 40.2 Å². The molecule has 0 bridgehead atoms. The number of aromatic nitrogens is 2. The quantitative estimate of drug-likeness (QED) is 0.489. The molecule has 0 aliphatic carbocycles. The summed E-state index contributed by atoms with van der Waals surface area (Å²) in [5.74, 6) is 4.21. The first-order valence-corrected chi connectivity index (χ1v) is 11.2. The minimum Gasteiger partial charge on any atom is -0.395 e. The molecule has 2 aliphatic heterocycles. The van der Waals surface area contributed by atoms with Crippen molar-refractivity contribution in [3.05, 3.63) is 78.5 Å². The van der Waals surface area contributed by atoms with Crippen molar-refractivity contribution in [2.24, 2.45) is 5.41 Å². The number of hydrogen-bond donors (Lipinski definition) is 0. The van der Waals surface area contributed by atoms with Crippen LogP contribution in [0.5, 0.6) is 0 Å². The molecule has 1 aromatic heterocycles. The molecule has 0 radical (unpaired) electrons. The SMILES string of the molecule is CN1B(N2c3nccnc3N(c3ccccc3)C2(C)C)C=C(C(C)(C)C)c2ccccc21. The average molecular weight is 423 g/mol. The van der Waals surface area contributed by atoms with Crippen LogP contribution in [0.2, 0.25) is 0 Å². The van der Waals surface area contributed by atoms with Crippen molar-refractivity contribution in [2.75, 3.05) is 21.6 Å². The number of hydrogen-bond acceptors (Lipinski definition) is 5. The van der Waals surface area contributed by atoms with Crippen molar-refractivity contribution in [2.45, 2.75) is 40.3 Å². The molecule has 6 heteroatoms. The Bertz CT molecular complexity index is 1180. The number of para-hydroxylation sites is 2. The van der Waals surface area contributed by atoms with Crippen molar-refractivity contribution >= 4 is 35.6 Å². The number of fused-ring (bicyclic) bond motifs is 2. The topological polar surface area (TPSA) is 35.5 Å². The zero-order valence-corrected chi connectivity index (χ0v) is 19.7. The van der Waals surface area contributed by atoms with Gasteiger partial charge in [0.1, 0.15) is 5.66 Å². The van der Waals surface area contributed by atoms with Crippen molar-refractivity contribution in [3.8, 4) is 0 Å². The maximum atomic E-state index is 4.83. The lowest BCUT2D eigenvalue weighted by Gasteiger charge is -2.47. The second-order valence-corrected chi connectivity index (χ2v) is 10.1. The first kappa shape index (κ1) is 20.6. The Morgan fingerprint density at radius 2 is 1.47 bits per heavy atom. The summed E-state index contributed by atoms with van der Waals surface area (Å²) in [5, 5.41) is 0. The van der Waals surface area contributed by atoms with Gasteiger partial charge >= 0.3 is 6.98 Å². The van der Waals surface area contributed by atoms with Gasteiger partial charge in [-0.25, -0.2) is 9.97 Å². The molecule has 162 valence electrons. The fourth-order valence-corrected chi connectivity index (χ4v) is 5.15. The fourth-order valence-electron chi connectivity index (χ4n) is 5.15. The maximum Gasteiger partial charge on any atom is 0.406 e. The van der Waals surface area contributed by atoms with Gasteiger partial charge < -0.3 is 14.5 Å². The van der Waals surface area contributed by atoms with Crippen LogP contribution in [-0.4, -0.2) is 29.7 Å². The summed E-state index contributed by atoms with van der Waals surface area (Å²) in [6.45, 7) is 11.4. The molecule has 3 aromatic rings. The minimum atomic E-state index is -0.379. The first-order chi connectivity index (χ1) is 15.2. The second-order valence-electron chi connectivity index (χ2n) is 10.1. The number of anilines is 4. The van der Waals surface area contributed by atoms with Crippen molar-refractivity contribution in [1.29, 1.82) is 0 Å². The molecular weight excluding hydrogens is 393 g/mol. The Labute approximate surface area is 191 Å². The van der Waals surface area contributed by atoms with Crippen LogP contribution < -0.4 is 14.5 Å².